The normalized spacial score (nSPS) is 10.1. The van der Waals surface area contributed by atoms with Crippen LogP contribution in [0.2, 0.25) is 10.0 Å². The number of ether oxygens (including phenoxy) is 2. The summed E-state index contributed by atoms with van der Waals surface area (Å²) in [5.41, 5.74) is 0. The molecule has 0 bridgehead atoms. The Morgan fingerprint density at radius 1 is 0.955 bits per heavy atom. The van der Waals surface area contributed by atoms with Crippen molar-refractivity contribution < 1.29 is 19.1 Å². The standard InChI is InChI=1S/C16H10Cl2O4/c1-3-14(19)21-13-8-12(18)16(22-15(20)4-2)10-6-5-9(17)7-11(10)13/h3-8H,1-2H2. The molecule has 0 fully saturated rings. The van der Waals surface area contributed by atoms with Crippen LogP contribution in [0.1, 0.15) is 0 Å². The molecule has 112 valence electrons. The minimum Gasteiger partial charge on any atom is -0.423 e. The van der Waals surface area contributed by atoms with E-state index in [0.717, 1.165) is 12.2 Å². The van der Waals surface area contributed by atoms with E-state index in [9.17, 15) is 9.59 Å². The van der Waals surface area contributed by atoms with Crippen LogP contribution >= 0.6 is 23.2 Å². The van der Waals surface area contributed by atoms with Crippen LogP contribution in [-0.4, -0.2) is 11.9 Å². The number of carbonyl (C=O) groups excluding carboxylic acids is 2. The molecule has 0 saturated heterocycles. The monoisotopic (exact) mass is 336 g/mol. The van der Waals surface area contributed by atoms with Crippen molar-refractivity contribution in [2.45, 2.75) is 0 Å². The summed E-state index contributed by atoms with van der Waals surface area (Å²) in [5.74, 6) is -0.982. The Kier molecular flexibility index (Phi) is 4.85. The second kappa shape index (κ2) is 6.64. The third-order valence-corrected chi connectivity index (χ3v) is 3.23. The lowest BCUT2D eigenvalue weighted by atomic mass is 10.1. The molecule has 4 nitrogen and oxygen atoms in total. The van der Waals surface area contributed by atoms with E-state index in [1.807, 2.05) is 0 Å². The van der Waals surface area contributed by atoms with E-state index in [0.29, 0.717) is 15.8 Å². The lowest BCUT2D eigenvalue weighted by Crippen LogP contribution is -2.06. The van der Waals surface area contributed by atoms with Gasteiger partial charge in [0.1, 0.15) is 5.75 Å². The molecule has 0 spiro atoms. The molecule has 0 heterocycles. The molecule has 2 aromatic carbocycles. The van der Waals surface area contributed by atoms with Gasteiger partial charge in [0, 0.05) is 34.0 Å². The van der Waals surface area contributed by atoms with Gasteiger partial charge in [-0.2, -0.15) is 0 Å². The molecule has 0 aromatic heterocycles. The van der Waals surface area contributed by atoms with Gasteiger partial charge in [0.25, 0.3) is 0 Å². The van der Waals surface area contributed by atoms with Crippen molar-refractivity contribution in [3.63, 3.8) is 0 Å². The molecule has 2 aromatic rings. The van der Waals surface area contributed by atoms with Gasteiger partial charge in [-0.1, -0.05) is 36.4 Å². The number of hydrogen-bond donors (Lipinski definition) is 0. The zero-order valence-corrected chi connectivity index (χ0v) is 12.8. The van der Waals surface area contributed by atoms with E-state index in [4.69, 9.17) is 32.7 Å². The smallest absolute Gasteiger partial charge is 0.335 e. The summed E-state index contributed by atoms with van der Waals surface area (Å²) >= 11 is 12.1. The van der Waals surface area contributed by atoms with Gasteiger partial charge in [-0.25, -0.2) is 9.59 Å². The minimum atomic E-state index is -0.658. The average Bonchev–Trinajstić information content (AvgIpc) is 2.50. The highest BCUT2D eigenvalue weighted by Crippen LogP contribution is 2.41. The van der Waals surface area contributed by atoms with Crippen molar-refractivity contribution in [1.82, 2.24) is 0 Å². The maximum Gasteiger partial charge on any atom is 0.335 e. The van der Waals surface area contributed by atoms with Gasteiger partial charge in [0.15, 0.2) is 5.75 Å². The first-order valence-electron chi connectivity index (χ1n) is 6.06. The maximum absolute atomic E-state index is 11.4. The molecule has 0 N–H and O–H groups in total. The lowest BCUT2D eigenvalue weighted by molar-refractivity contribution is -0.129. The van der Waals surface area contributed by atoms with E-state index in [-0.39, 0.29) is 16.5 Å². The molecular formula is C16H10Cl2O4. The Bertz CT molecular complexity index is 796. The van der Waals surface area contributed by atoms with Gasteiger partial charge in [0.05, 0.1) is 5.02 Å². The fourth-order valence-corrected chi connectivity index (χ4v) is 2.20. The van der Waals surface area contributed by atoms with Crippen LogP contribution in [0, 0.1) is 0 Å². The summed E-state index contributed by atoms with van der Waals surface area (Å²) < 4.78 is 10.3. The molecule has 0 unspecified atom stereocenters. The molecule has 0 atom stereocenters. The van der Waals surface area contributed by atoms with Crippen molar-refractivity contribution >= 4 is 45.9 Å². The van der Waals surface area contributed by atoms with Crippen LogP contribution in [0.4, 0.5) is 0 Å². The topological polar surface area (TPSA) is 52.6 Å². The number of benzene rings is 2. The number of hydrogen-bond acceptors (Lipinski definition) is 4. The highest BCUT2D eigenvalue weighted by molar-refractivity contribution is 6.34. The number of fused-ring (bicyclic) bond motifs is 1. The molecule has 0 aliphatic rings. The fraction of sp³-hybridized carbons (Fsp3) is 0. The average molecular weight is 337 g/mol. The summed E-state index contributed by atoms with van der Waals surface area (Å²) in [6.07, 6.45) is 2.04. The zero-order valence-electron chi connectivity index (χ0n) is 11.3. The SMILES string of the molecule is C=CC(=O)Oc1cc(Cl)c(OC(=O)C=C)c2ccc(Cl)cc12. The second-order valence-electron chi connectivity index (χ2n) is 4.13. The second-order valence-corrected chi connectivity index (χ2v) is 4.97. The van der Waals surface area contributed by atoms with Crippen molar-refractivity contribution in [3.8, 4) is 11.5 Å². The molecule has 0 amide bonds. The molecule has 0 aliphatic carbocycles. The Morgan fingerprint density at radius 3 is 2.23 bits per heavy atom. The molecule has 0 saturated carbocycles. The van der Waals surface area contributed by atoms with Gasteiger partial charge in [-0.15, -0.1) is 0 Å². The van der Waals surface area contributed by atoms with E-state index in [1.165, 1.54) is 6.07 Å². The highest BCUT2D eigenvalue weighted by atomic mass is 35.5. The predicted octanol–water partition coefficient (Wildman–Crippen LogP) is 4.33. The van der Waals surface area contributed by atoms with Crippen LogP contribution < -0.4 is 9.47 Å². The third kappa shape index (κ3) is 3.30. The van der Waals surface area contributed by atoms with Gasteiger partial charge < -0.3 is 9.47 Å². The first-order valence-corrected chi connectivity index (χ1v) is 6.82. The van der Waals surface area contributed by atoms with Crippen molar-refractivity contribution in [2.24, 2.45) is 0 Å². The van der Waals surface area contributed by atoms with Crippen LogP contribution in [0.25, 0.3) is 10.8 Å². The largest absolute Gasteiger partial charge is 0.423 e. The van der Waals surface area contributed by atoms with Gasteiger partial charge in [0.2, 0.25) is 0 Å². The van der Waals surface area contributed by atoms with Crippen LogP contribution in [0.15, 0.2) is 49.6 Å². The minimum absolute atomic E-state index is 0.108. The Morgan fingerprint density at radius 2 is 1.59 bits per heavy atom. The van der Waals surface area contributed by atoms with E-state index in [2.05, 4.69) is 13.2 Å². The number of carbonyl (C=O) groups is 2. The lowest BCUT2D eigenvalue weighted by Gasteiger charge is -2.12. The summed E-state index contributed by atoms with van der Waals surface area (Å²) in [6, 6.07) is 6.16. The van der Waals surface area contributed by atoms with Gasteiger partial charge in [-0.3, -0.25) is 0 Å². The van der Waals surface area contributed by atoms with Crippen LogP contribution in [-0.2, 0) is 9.59 Å². The van der Waals surface area contributed by atoms with Crippen molar-refractivity contribution in [2.75, 3.05) is 0 Å². The number of rotatable bonds is 4. The van der Waals surface area contributed by atoms with E-state index in [1.54, 1.807) is 18.2 Å². The first-order chi connectivity index (χ1) is 10.5. The summed E-state index contributed by atoms with van der Waals surface area (Å²) in [5, 5.41) is 1.47. The number of halogens is 2. The van der Waals surface area contributed by atoms with Crippen molar-refractivity contribution in [3.05, 3.63) is 59.6 Å². The molecule has 2 rings (SSSR count). The maximum atomic E-state index is 11.4. The highest BCUT2D eigenvalue weighted by Gasteiger charge is 2.17. The van der Waals surface area contributed by atoms with Crippen LogP contribution in [0.3, 0.4) is 0 Å². The first kappa shape index (κ1) is 16.1. The molecule has 0 radical (unpaired) electrons. The third-order valence-electron chi connectivity index (χ3n) is 2.71. The van der Waals surface area contributed by atoms with Crippen molar-refractivity contribution in [1.29, 1.82) is 0 Å². The van der Waals surface area contributed by atoms with Crippen LogP contribution in [0.5, 0.6) is 11.5 Å². The Labute approximate surface area is 136 Å². The van der Waals surface area contributed by atoms with E-state index >= 15 is 0 Å². The summed E-state index contributed by atoms with van der Waals surface area (Å²) in [6.45, 7) is 6.66. The van der Waals surface area contributed by atoms with Gasteiger partial charge in [-0.05, 0) is 18.2 Å². The molecular weight excluding hydrogens is 327 g/mol. The Hall–Kier alpha value is -2.30. The molecule has 6 heteroatoms. The quantitative estimate of drug-likeness (QED) is 0.473. The fourth-order valence-electron chi connectivity index (χ4n) is 1.79. The number of esters is 2. The Balaban J connectivity index is 2.68. The van der Waals surface area contributed by atoms with Gasteiger partial charge >= 0.3 is 11.9 Å². The zero-order chi connectivity index (χ0) is 16.3. The molecule has 22 heavy (non-hydrogen) atoms. The summed E-state index contributed by atoms with van der Waals surface area (Å²) in [7, 11) is 0. The predicted molar refractivity (Wildman–Crippen MR) is 85.6 cm³/mol. The van der Waals surface area contributed by atoms with E-state index < -0.39 is 11.9 Å². The molecule has 0 aliphatic heterocycles. The summed E-state index contributed by atoms with van der Waals surface area (Å²) in [4.78, 5) is 22.8.